The van der Waals surface area contributed by atoms with Crippen LogP contribution in [0.25, 0.3) is 0 Å². The lowest BCUT2D eigenvalue weighted by molar-refractivity contribution is -0.140. The van der Waals surface area contributed by atoms with Gasteiger partial charge < -0.3 is 19.7 Å². The molecule has 4 rings (SSSR count). The van der Waals surface area contributed by atoms with Gasteiger partial charge in [-0.1, -0.05) is 73.7 Å². The summed E-state index contributed by atoms with van der Waals surface area (Å²) in [5.41, 5.74) is 1.66. The Kier molecular flexibility index (Phi) is 11.7. The van der Waals surface area contributed by atoms with E-state index in [1.165, 1.54) is 37.3 Å². The summed E-state index contributed by atoms with van der Waals surface area (Å²) in [5, 5.41) is 3.59. The van der Waals surface area contributed by atoms with Crippen LogP contribution in [0.5, 0.6) is 11.5 Å². The minimum atomic E-state index is -4.29. The van der Waals surface area contributed by atoms with Crippen LogP contribution in [0.1, 0.15) is 56.6 Å². The molecule has 3 aromatic carbocycles. The Labute approximate surface area is 271 Å². The zero-order valence-electron chi connectivity index (χ0n) is 26.3. The summed E-state index contributed by atoms with van der Waals surface area (Å²) in [6.07, 6.45) is 5.32. The average Bonchev–Trinajstić information content (AvgIpc) is 3.04. The number of ether oxygens (including phenoxy) is 2. The molecule has 2 amide bonds. The summed E-state index contributed by atoms with van der Waals surface area (Å²) in [5.74, 6) is -0.217. The average molecular weight is 656 g/mol. The molecule has 1 N–H and O–H groups in total. The SMILES string of the molecule is CCC(C(=O)NC1CCCCC1)N(Cc1ccccc1Cl)C(=O)CN(c1cc(OC)ccc1OC)S(=O)(=O)c1ccc(C)cc1. The molecule has 45 heavy (non-hydrogen) atoms. The van der Waals surface area contributed by atoms with Gasteiger partial charge in [-0.15, -0.1) is 0 Å². The van der Waals surface area contributed by atoms with Gasteiger partial charge in [-0.2, -0.15) is 0 Å². The molecule has 0 bridgehead atoms. The highest BCUT2D eigenvalue weighted by Gasteiger charge is 2.36. The van der Waals surface area contributed by atoms with Gasteiger partial charge in [0.05, 0.1) is 24.8 Å². The molecule has 9 nitrogen and oxygen atoms in total. The van der Waals surface area contributed by atoms with Crippen LogP contribution in [0.2, 0.25) is 5.02 Å². The second kappa shape index (κ2) is 15.5. The first-order valence-electron chi connectivity index (χ1n) is 15.2. The number of anilines is 1. The van der Waals surface area contributed by atoms with E-state index in [9.17, 15) is 18.0 Å². The van der Waals surface area contributed by atoms with E-state index >= 15 is 0 Å². The predicted molar refractivity (Wildman–Crippen MR) is 176 cm³/mol. The molecule has 1 aliphatic carbocycles. The summed E-state index contributed by atoms with van der Waals surface area (Å²) in [4.78, 5) is 29.6. The maximum atomic E-state index is 14.5. The second-order valence-corrected chi connectivity index (χ2v) is 13.5. The molecule has 3 aromatic rings. The molecule has 0 spiro atoms. The molecule has 242 valence electrons. The number of sulfonamides is 1. The van der Waals surface area contributed by atoms with Crippen LogP contribution in [-0.2, 0) is 26.2 Å². The molecular weight excluding hydrogens is 614 g/mol. The van der Waals surface area contributed by atoms with Gasteiger partial charge in [-0.3, -0.25) is 13.9 Å². The van der Waals surface area contributed by atoms with E-state index in [-0.39, 0.29) is 34.8 Å². The zero-order chi connectivity index (χ0) is 32.6. The molecule has 0 aliphatic heterocycles. The third-order valence-electron chi connectivity index (χ3n) is 8.18. The van der Waals surface area contributed by atoms with Crippen molar-refractivity contribution >= 4 is 39.1 Å². The lowest BCUT2D eigenvalue weighted by Gasteiger charge is -2.35. The quantitative estimate of drug-likeness (QED) is 0.238. The molecule has 0 saturated heterocycles. The van der Waals surface area contributed by atoms with Gasteiger partial charge in [0, 0.05) is 23.7 Å². The summed E-state index contributed by atoms with van der Waals surface area (Å²) in [6, 6.07) is 17.4. The highest BCUT2D eigenvalue weighted by molar-refractivity contribution is 7.92. The van der Waals surface area contributed by atoms with Gasteiger partial charge in [0.25, 0.3) is 10.0 Å². The molecule has 0 heterocycles. The Morgan fingerprint density at radius 2 is 1.67 bits per heavy atom. The third kappa shape index (κ3) is 8.29. The van der Waals surface area contributed by atoms with Crippen LogP contribution in [0.3, 0.4) is 0 Å². The van der Waals surface area contributed by atoms with Crippen molar-refractivity contribution in [3.8, 4) is 11.5 Å². The van der Waals surface area contributed by atoms with Crippen LogP contribution in [0.4, 0.5) is 5.69 Å². The Bertz CT molecular complexity index is 1570. The molecule has 1 fully saturated rings. The van der Waals surface area contributed by atoms with Gasteiger partial charge in [0.15, 0.2) is 0 Å². The van der Waals surface area contributed by atoms with Crippen molar-refractivity contribution in [2.24, 2.45) is 0 Å². The summed E-state index contributed by atoms with van der Waals surface area (Å²) >= 11 is 6.52. The van der Waals surface area contributed by atoms with Crippen molar-refractivity contribution in [2.45, 2.75) is 75.9 Å². The van der Waals surface area contributed by atoms with Crippen molar-refractivity contribution in [1.29, 1.82) is 0 Å². The minimum Gasteiger partial charge on any atom is -0.497 e. The van der Waals surface area contributed by atoms with Gasteiger partial charge in [-0.25, -0.2) is 8.42 Å². The van der Waals surface area contributed by atoms with Gasteiger partial charge in [0.1, 0.15) is 24.1 Å². The highest BCUT2D eigenvalue weighted by Crippen LogP contribution is 2.36. The first-order valence-corrected chi connectivity index (χ1v) is 17.1. The van der Waals surface area contributed by atoms with Crippen LogP contribution < -0.4 is 19.1 Å². The van der Waals surface area contributed by atoms with E-state index in [0.717, 1.165) is 42.0 Å². The number of nitrogens with zero attached hydrogens (tertiary/aromatic N) is 2. The summed E-state index contributed by atoms with van der Waals surface area (Å²) in [7, 11) is -1.39. The van der Waals surface area contributed by atoms with E-state index in [1.54, 1.807) is 42.5 Å². The number of carbonyl (C=O) groups is 2. The maximum Gasteiger partial charge on any atom is 0.264 e. The molecule has 0 aromatic heterocycles. The lowest BCUT2D eigenvalue weighted by Crippen LogP contribution is -2.54. The number of rotatable bonds is 13. The van der Waals surface area contributed by atoms with Crippen LogP contribution in [0, 0.1) is 6.92 Å². The van der Waals surface area contributed by atoms with Crippen molar-refractivity contribution < 1.29 is 27.5 Å². The number of aryl methyl sites for hydroxylation is 1. The van der Waals surface area contributed by atoms with Gasteiger partial charge in [0.2, 0.25) is 11.8 Å². The molecule has 1 atom stereocenters. The van der Waals surface area contributed by atoms with E-state index in [2.05, 4.69) is 5.32 Å². The number of halogens is 1. The van der Waals surface area contributed by atoms with E-state index in [0.29, 0.717) is 22.8 Å². The van der Waals surface area contributed by atoms with Crippen molar-refractivity contribution in [2.75, 3.05) is 25.1 Å². The van der Waals surface area contributed by atoms with Crippen LogP contribution >= 0.6 is 11.6 Å². The van der Waals surface area contributed by atoms with Gasteiger partial charge in [-0.05, 0) is 62.1 Å². The standard InChI is InChI=1S/C34H42ClN3O6S/c1-5-30(34(40)36-26-12-7-6-8-13-26)37(22-25-11-9-10-14-29(25)35)33(39)23-38(31-21-27(43-3)17-20-32(31)44-4)45(41,42)28-18-15-24(2)16-19-28/h9-11,14-21,26,30H,5-8,12-13,22-23H2,1-4H3,(H,36,40). The van der Waals surface area contributed by atoms with E-state index in [4.69, 9.17) is 21.1 Å². The lowest BCUT2D eigenvalue weighted by atomic mass is 9.95. The van der Waals surface area contributed by atoms with E-state index in [1.807, 2.05) is 19.9 Å². The normalized spacial score (nSPS) is 14.3. The number of carbonyl (C=O) groups excluding carboxylic acids is 2. The minimum absolute atomic E-state index is 0.00510. The van der Waals surface area contributed by atoms with Crippen LogP contribution in [-0.4, -0.2) is 58.0 Å². The molecule has 1 aliphatic rings. The maximum absolute atomic E-state index is 14.5. The fraction of sp³-hybridized carbons (Fsp3) is 0.412. The molecular formula is C34H42ClN3O6S. The number of nitrogens with one attached hydrogen (secondary N) is 1. The first kappa shape index (κ1) is 34.1. The number of hydrogen-bond acceptors (Lipinski definition) is 6. The van der Waals surface area contributed by atoms with E-state index < -0.39 is 28.5 Å². The Hall–Kier alpha value is -3.76. The Morgan fingerprint density at radius 3 is 2.29 bits per heavy atom. The Morgan fingerprint density at radius 1 is 0.978 bits per heavy atom. The Balaban J connectivity index is 1.78. The fourth-order valence-electron chi connectivity index (χ4n) is 5.62. The summed E-state index contributed by atoms with van der Waals surface area (Å²) < 4.78 is 40.5. The fourth-order valence-corrected chi connectivity index (χ4v) is 7.23. The number of amides is 2. The summed E-state index contributed by atoms with van der Waals surface area (Å²) in [6.45, 7) is 3.11. The first-order chi connectivity index (χ1) is 21.6. The van der Waals surface area contributed by atoms with Crippen molar-refractivity contribution in [3.63, 3.8) is 0 Å². The second-order valence-electron chi connectivity index (χ2n) is 11.2. The molecule has 0 radical (unpaired) electrons. The number of hydrogen-bond donors (Lipinski definition) is 1. The topological polar surface area (TPSA) is 105 Å². The van der Waals surface area contributed by atoms with Crippen LogP contribution in [0.15, 0.2) is 71.6 Å². The molecule has 11 heteroatoms. The predicted octanol–water partition coefficient (Wildman–Crippen LogP) is 6.12. The number of methoxy groups -OCH3 is 2. The molecule has 1 saturated carbocycles. The third-order valence-corrected chi connectivity index (χ3v) is 10.3. The highest BCUT2D eigenvalue weighted by atomic mass is 35.5. The zero-order valence-corrected chi connectivity index (χ0v) is 27.9. The van der Waals surface area contributed by atoms with Crippen molar-refractivity contribution in [1.82, 2.24) is 10.2 Å². The number of benzene rings is 3. The monoisotopic (exact) mass is 655 g/mol. The van der Waals surface area contributed by atoms with Crippen molar-refractivity contribution in [3.05, 3.63) is 82.9 Å². The smallest absolute Gasteiger partial charge is 0.264 e. The largest absolute Gasteiger partial charge is 0.497 e. The molecule has 1 unspecified atom stereocenters. The van der Waals surface area contributed by atoms with Gasteiger partial charge >= 0.3 is 0 Å².